The zero-order valence-electron chi connectivity index (χ0n) is 66.5. The number of alkyl halides is 7. The molecule has 7 rings (SSSR count). The van der Waals surface area contributed by atoms with Gasteiger partial charge in [-0.25, -0.2) is 13.2 Å². The number of rotatable bonds is 14. The SMILES string of the molecule is CCO[C@@H]1C[C@H]2C(=O)NC3(CC(C)(C)C3)C(=O)N(C)[C@@H](C3CCCC3)C(=O)N(C)[C@H](C(=O)N(C)CC)CC(=O)N(C)[C@@H](CC(C)C)C(=O)N[C@@H]([C@@H](C)CC)C(=O)N(C)CC(=O)N(C)[C@H]3C/C=C\CCN(C3=O)[C@@H](CC3CCC(Cl)CC3F)C(=O)N(C)CC(=O)N[C@@H](CCC3CC(F)C(C(F)(F)F)C(F)C3)C(=O)N2C1. The Morgan fingerprint density at radius 1 is 0.688 bits per heavy atom. The Morgan fingerprint density at radius 3 is 1.90 bits per heavy atom. The van der Waals surface area contributed by atoms with E-state index in [1.165, 1.54) is 68.9 Å². The van der Waals surface area contributed by atoms with Crippen molar-refractivity contribution in [3.63, 3.8) is 0 Å². The molecule has 109 heavy (non-hydrogen) atoms. The van der Waals surface area contributed by atoms with Crippen LogP contribution >= 0.6 is 11.6 Å². The predicted octanol–water partition coefficient (Wildman–Crippen LogP) is 6.75. The smallest absolute Gasteiger partial charge is 0.377 e. The zero-order valence-corrected chi connectivity index (χ0v) is 67.2. The molecule has 3 N–H and O–H groups in total. The van der Waals surface area contributed by atoms with Crippen molar-refractivity contribution in [3.8, 4) is 0 Å². The molecule has 616 valence electrons. The molecule has 32 heteroatoms. The highest BCUT2D eigenvalue weighted by molar-refractivity contribution is 6.20. The van der Waals surface area contributed by atoms with Crippen LogP contribution in [0.25, 0.3) is 0 Å². The Hall–Kier alpha value is -6.79. The molecule has 0 aromatic carbocycles. The van der Waals surface area contributed by atoms with Gasteiger partial charge in [0.25, 0.3) is 0 Å². The van der Waals surface area contributed by atoms with Gasteiger partial charge in [0.2, 0.25) is 70.9 Å². The van der Waals surface area contributed by atoms with E-state index in [0.717, 1.165) is 24.5 Å². The number of ether oxygens (including phenoxy) is 1. The second kappa shape index (κ2) is 38.2. The van der Waals surface area contributed by atoms with E-state index < -0.39 is 235 Å². The van der Waals surface area contributed by atoms with Crippen LogP contribution in [0.4, 0.5) is 26.3 Å². The average Bonchev–Trinajstić information content (AvgIpc) is 1.70. The standard InChI is InChI=1S/C77H121ClF6N12O13/c1-16-45(6)64-72(106)90(11)41-62(99)91(12)55-26-20-19-23-31-95(71(55)105)59(35-48-28-29-49(78)36-51(48)79)70(104)89(10)40-60(97)85-54(30-27-46-33-52(80)63(53(81)34-46)77(82,83)84)68(102)96-39-50(109-18-3)37-57(96)67(101)87-76(42-75(7,8)43-76)74(108)94(15)65(47-24-21-22-25-47)73(107)93(14)58(69(103)88(9)17-2)38-61(98)92(13)56(32-44(4)5)66(100)86-64/h19-20,44-59,63-65H,16-18,21-43H2,1-15H3,(H,85,97)(H,86,100)(H,87,101)/b20-19-/t45-,46?,48?,49?,50+,51?,52?,53?,54-,55-,56-,57-,58-,59-,63?,64-,65-/m0/s1. The van der Waals surface area contributed by atoms with Gasteiger partial charge in [-0.05, 0) is 145 Å². The van der Waals surface area contributed by atoms with Gasteiger partial charge in [-0.15, -0.1) is 11.6 Å². The molecular weight excluding hydrogens is 1450 g/mol. The largest absolute Gasteiger partial charge is 0.397 e. The van der Waals surface area contributed by atoms with Crippen molar-refractivity contribution in [3.05, 3.63) is 12.2 Å². The maximum Gasteiger partial charge on any atom is 0.397 e. The van der Waals surface area contributed by atoms with Gasteiger partial charge >= 0.3 is 6.18 Å². The van der Waals surface area contributed by atoms with E-state index in [2.05, 4.69) is 16.0 Å². The quantitative estimate of drug-likeness (QED) is 0.0923. The molecule has 2 bridgehead atoms. The second-order valence-corrected chi connectivity index (χ2v) is 34.0. The molecular formula is C77H121ClF6N12O13. The first kappa shape index (κ1) is 89.4. The van der Waals surface area contributed by atoms with Crippen LogP contribution in [-0.4, -0.2) is 294 Å². The maximum absolute atomic E-state index is 16.3. The summed E-state index contributed by atoms with van der Waals surface area (Å²) in [4.78, 5) is 193. The molecule has 5 unspecified atom stereocenters. The fourth-order valence-corrected chi connectivity index (χ4v) is 18.0. The van der Waals surface area contributed by atoms with Gasteiger partial charge in [0.05, 0.1) is 25.6 Å². The second-order valence-electron chi connectivity index (χ2n) is 33.4. The molecule has 2 saturated heterocycles. The number of fused-ring (bicyclic) bond motifs is 3. The van der Waals surface area contributed by atoms with Crippen molar-refractivity contribution in [1.82, 2.24) is 60.0 Å². The molecule has 0 radical (unpaired) electrons. The monoisotopic (exact) mass is 1570 g/mol. The zero-order chi connectivity index (χ0) is 81.2. The van der Waals surface area contributed by atoms with E-state index in [-0.39, 0.29) is 96.4 Å². The summed E-state index contributed by atoms with van der Waals surface area (Å²) < 4.78 is 95.4. The first-order chi connectivity index (χ1) is 51.0. The van der Waals surface area contributed by atoms with Crippen LogP contribution in [0.1, 0.15) is 184 Å². The van der Waals surface area contributed by atoms with E-state index in [0.29, 0.717) is 38.5 Å². The van der Waals surface area contributed by atoms with Crippen LogP contribution < -0.4 is 16.0 Å². The number of likely N-dealkylation sites (N-methyl/N-ethyl adjacent to an activating group) is 7. The number of hydrogen-bond donors (Lipinski definition) is 3. The number of carbonyl (C=O) groups is 12. The lowest BCUT2D eigenvalue weighted by atomic mass is 9.58. The van der Waals surface area contributed by atoms with Gasteiger partial charge in [0.1, 0.15) is 78.3 Å². The summed E-state index contributed by atoms with van der Waals surface area (Å²) in [5, 5.41) is 8.03. The van der Waals surface area contributed by atoms with Crippen LogP contribution in [-0.2, 0) is 62.3 Å². The van der Waals surface area contributed by atoms with Crippen molar-refractivity contribution < 1.29 is 88.6 Å². The minimum Gasteiger partial charge on any atom is -0.377 e. The number of hydrogen-bond acceptors (Lipinski definition) is 13. The molecule has 4 saturated carbocycles. The Bertz CT molecular complexity index is 3270. The number of amides is 12. The summed E-state index contributed by atoms with van der Waals surface area (Å²) in [6.45, 7) is 12.7. The molecule has 3 heterocycles. The van der Waals surface area contributed by atoms with Crippen LogP contribution in [0.15, 0.2) is 12.2 Å². The van der Waals surface area contributed by atoms with Gasteiger partial charge < -0.3 is 64.8 Å². The topological polar surface area (TPSA) is 279 Å². The van der Waals surface area contributed by atoms with Crippen LogP contribution in [0.5, 0.6) is 0 Å². The van der Waals surface area contributed by atoms with Crippen LogP contribution in [0, 0.1) is 40.9 Å². The molecule has 4 aliphatic carbocycles. The maximum atomic E-state index is 16.3. The molecule has 0 aromatic rings. The van der Waals surface area contributed by atoms with Crippen molar-refractivity contribution in [2.75, 3.05) is 88.7 Å². The Kier molecular flexibility index (Phi) is 31.3. The van der Waals surface area contributed by atoms with Gasteiger partial charge in [-0.3, -0.25) is 57.5 Å². The Balaban J connectivity index is 1.35. The fraction of sp³-hybridized carbons (Fsp3) is 0.818. The molecule has 12 amide bonds. The summed E-state index contributed by atoms with van der Waals surface area (Å²) in [6.07, 6.45) is -9.35. The van der Waals surface area contributed by atoms with Crippen molar-refractivity contribution in [2.24, 2.45) is 40.9 Å². The van der Waals surface area contributed by atoms with Crippen molar-refractivity contribution in [2.45, 2.75) is 274 Å². The molecule has 3 aliphatic heterocycles. The van der Waals surface area contributed by atoms with E-state index in [4.69, 9.17) is 16.3 Å². The highest BCUT2D eigenvalue weighted by atomic mass is 35.5. The first-order valence-corrected chi connectivity index (χ1v) is 39.7. The number of carbonyl (C=O) groups excluding carboxylic acids is 12. The molecule has 6 fully saturated rings. The van der Waals surface area contributed by atoms with Gasteiger partial charge in [-0.1, -0.05) is 73.0 Å². The summed E-state index contributed by atoms with van der Waals surface area (Å²) in [7, 11) is 9.66. The van der Waals surface area contributed by atoms with Gasteiger partial charge in [-0.2, -0.15) is 13.2 Å². The lowest BCUT2D eigenvalue weighted by molar-refractivity contribution is -0.219. The van der Waals surface area contributed by atoms with E-state index in [1.807, 2.05) is 27.7 Å². The summed E-state index contributed by atoms with van der Waals surface area (Å²) in [6, 6.07) is -11.3. The predicted molar refractivity (Wildman–Crippen MR) is 395 cm³/mol. The highest BCUT2D eigenvalue weighted by Gasteiger charge is 2.60. The highest BCUT2D eigenvalue weighted by Crippen LogP contribution is 2.50. The molecule has 25 nitrogen and oxygen atoms in total. The van der Waals surface area contributed by atoms with E-state index >= 15 is 46.7 Å². The first-order valence-electron chi connectivity index (χ1n) is 39.2. The number of nitrogens with zero attached hydrogens (tertiary/aromatic N) is 9. The number of halogens is 7. The lowest BCUT2D eigenvalue weighted by Crippen LogP contribution is -2.71. The lowest BCUT2D eigenvalue weighted by Gasteiger charge is -2.54. The molecule has 0 aromatic heterocycles. The molecule has 7 aliphatic rings. The summed E-state index contributed by atoms with van der Waals surface area (Å²) >= 11 is 6.45. The third-order valence-corrected chi connectivity index (χ3v) is 24.6. The minimum atomic E-state index is -5.20. The number of nitrogens with one attached hydrogen (secondary N) is 3. The average molecular weight is 1570 g/mol. The van der Waals surface area contributed by atoms with Crippen molar-refractivity contribution >= 4 is 82.5 Å². The van der Waals surface area contributed by atoms with Crippen LogP contribution in [0.2, 0.25) is 0 Å². The summed E-state index contributed by atoms with van der Waals surface area (Å²) in [5.74, 6) is -15.3. The van der Waals surface area contributed by atoms with Gasteiger partial charge in [0.15, 0.2) is 0 Å². The Labute approximate surface area is 644 Å². The molecule has 15 atom stereocenters. The summed E-state index contributed by atoms with van der Waals surface area (Å²) in [5.41, 5.74) is -2.34. The molecule has 1 spiro atoms. The van der Waals surface area contributed by atoms with E-state index in [1.54, 1.807) is 39.8 Å². The third kappa shape index (κ3) is 21.7. The van der Waals surface area contributed by atoms with E-state index in [9.17, 15) is 37.1 Å². The van der Waals surface area contributed by atoms with Gasteiger partial charge in [0, 0.05) is 87.4 Å². The fourth-order valence-electron chi connectivity index (χ4n) is 17.7. The Morgan fingerprint density at radius 2 is 1.32 bits per heavy atom. The van der Waals surface area contributed by atoms with Crippen LogP contribution in [0.3, 0.4) is 0 Å². The minimum absolute atomic E-state index is 0.0277. The third-order valence-electron chi connectivity index (χ3n) is 24.2. The normalized spacial score (nSPS) is 32.8. The van der Waals surface area contributed by atoms with Crippen molar-refractivity contribution in [1.29, 1.82) is 0 Å².